The number of nitrogens with zero attached hydrogens (tertiary/aromatic N) is 2. The van der Waals surface area contributed by atoms with Gasteiger partial charge in [-0.15, -0.1) is 0 Å². The molecule has 1 aromatic rings. The second kappa shape index (κ2) is 11.7. The summed E-state index contributed by atoms with van der Waals surface area (Å²) in [6, 6.07) is 5.77. The van der Waals surface area contributed by atoms with Crippen molar-refractivity contribution >= 4 is 61.8 Å². The van der Waals surface area contributed by atoms with Gasteiger partial charge in [0.15, 0.2) is 4.32 Å². The first kappa shape index (κ1) is 17.6. The Balaban J connectivity index is 0.000000770. The number of hydrogen-bond donors (Lipinski definition) is 1. The predicted molar refractivity (Wildman–Crippen MR) is 83.7 cm³/mol. The molecule has 1 aromatic heterocycles. The fourth-order valence-corrected chi connectivity index (χ4v) is 1.03. The van der Waals surface area contributed by atoms with Crippen LogP contribution >= 0.6 is 51.2 Å². The number of rotatable bonds is 2. The summed E-state index contributed by atoms with van der Waals surface area (Å²) in [5, 5.41) is 3.95. The fourth-order valence-electron chi connectivity index (χ4n) is 0.833. The summed E-state index contributed by atoms with van der Waals surface area (Å²) in [4.78, 5) is 4.26. The average Bonchev–Trinajstić information content (AvgIpc) is 2.30. The minimum absolute atomic E-state index is 0.250. The molecular weight excluding hydrogens is 439 g/mol. The third-order valence-corrected chi connectivity index (χ3v) is 2.50. The quantitative estimate of drug-likeness (QED) is 0.323. The van der Waals surface area contributed by atoms with E-state index in [-0.39, 0.29) is 13.2 Å². The summed E-state index contributed by atoms with van der Waals surface area (Å²) in [6.07, 6.45) is 3.55. The monoisotopic (exact) mass is 447 g/mol. The topological polar surface area (TPSA) is 37.3 Å². The van der Waals surface area contributed by atoms with Crippen LogP contribution in [0.2, 0.25) is 0 Å². The Hall–Kier alpha value is 0.643. The number of pyridine rings is 1. The molecular formula is C9H11Br2N3S2Zn. The van der Waals surface area contributed by atoms with Crippen LogP contribution in [0.4, 0.5) is 0 Å². The van der Waals surface area contributed by atoms with Gasteiger partial charge in [0.25, 0.3) is 0 Å². The third-order valence-electron chi connectivity index (χ3n) is 1.45. The van der Waals surface area contributed by atoms with E-state index in [0.717, 1.165) is 11.4 Å². The van der Waals surface area contributed by atoms with Gasteiger partial charge >= 0.3 is 40.5 Å². The van der Waals surface area contributed by atoms with Gasteiger partial charge in [-0.3, -0.25) is 10.4 Å². The molecule has 0 saturated heterocycles. The van der Waals surface area contributed by atoms with Crippen LogP contribution in [0.3, 0.4) is 0 Å². The molecule has 0 atom stereocenters. The molecule has 1 rings (SSSR count). The fraction of sp³-hybridized carbons (Fsp3) is 0.222. The van der Waals surface area contributed by atoms with Crippen LogP contribution in [0.1, 0.15) is 11.4 Å². The number of nitrogens with one attached hydrogen (secondary N) is 1. The summed E-state index contributed by atoms with van der Waals surface area (Å²) in [6.45, 7) is 1.94. The average molecular weight is 451 g/mol. The molecule has 90 valence electrons. The molecule has 0 aromatic carbocycles. The van der Waals surface area contributed by atoms with Crippen molar-refractivity contribution in [3.05, 3.63) is 29.6 Å². The van der Waals surface area contributed by atoms with E-state index in [9.17, 15) is 0 Å². The normalized spacial score (nSPS) is 9.18. The minimum atomic E-state index is -0.250. The van der Waals surface area contributed by atoms with E-state index < -0.39 is 0 Å². The Morgan fingerprint density at radius 2 is 2.24 bits per heavy atom. The molecule has 0 aliphatic carbocycles. The Morgan fingerprint density at radius 1 is 1.59 bits per heavy atom. The van der Waals surface area contributed by atoms with Gasteiger partial charge in [0.1, 0.15) is 0 Å². The zero-order valence-corrected chi connectivity index (χ0v) is 17.3. The number of aryl methyl sites for hydroxylation is 1. The summed E-state index contributed by atoms with van der Waals surface area (Å²) in [7, 11) is 0. The number of aromatic nitrogens is 1. The van der Waals surface area contributed by atoms with Gasteiger partial charge in [-0.1, -0.05) is 30.0 Å². The molecule has 0 aliphatic heterocycles. The van der Waals surface area contributed by atoms with Crippen LogP contribution in [-0.2, 0) is 13.2 Å². The molecule has 3 nitrogen and oxygen atoms in total. The van der Waals surface area contributed by atoms with Crippen LogP contribution in [0.15, 0.2) is 23.3 Å². The number of hydrogen-bond acceptors (Lipinski definition) is 4. The maximum atomic E-state index is 4.91. The number of hydrazone groups is 1. The van der Waals surface area contributed by atoms with Gasteiger partial charge in [0.05, 0.1) is 11.9 Å². The van der Waals surface area contributed by atoms with Crippen molar-refractivity contribution in [2.45, 2.75) is 6.92 Å². The van der Waals surface area contributed by atoms with E-state index in [1.807, 2.05) is 31.4 Å². The van der Waals surface area contributed by atoms with E-state index in [1.165, 1.54) is 11.8 Å². The van der Waals surface area contributed by atoms with E-state index in [0.29, 0.717) is 4.32 Å². The number of thiocarbonyl (C=S) groups is 1. The Bertz CT molecular complexity index is 377. The molecule has 0 fully saturated rings. The van der Waals surface area contributed by atoms with Crippen molar-refractivity contribution in [3.8, 4) is 0 Å². The molecule has 0 aliphatic rings. The predicted octanol–water partition coefficient (Wildman–Crippen LogP) is 3.65. The van der Waals surface area contributed by atoms with Crippen LogP contribution in [-0.4, -0.2) is 21.8 Å². The molecule has 0 amide bonds. The third kappa shape index (κ3) is 10.3. The zero-order valence-electron chi connectivity index (χ0n) is 9.48. The van der Waals surface area contributed by atoms with Crippen LogP contribution in [0, 0.1) is 6.92 Å². The molecule has 1 N–H and O–H groups in total. The second-order valence-corrected chi connectivity index (χ2v) is 18.2. The molecule has 0 unspecified atom stereocenters. The zero-order chi connectivity index (χ0) is 13.1. The Morgan fingerprint density at radius 3 is 2.76 bits per heavy atom. The van der Waals surface area contributed by atoms with Crippen molar-refractivity contribution in [1.29, 1.82) is 0 Å². The van der Waals surface area contributed by atoms with Crippen molar-refractivity contribution < 1.29 is 13.2 Å². The molecule has 8 heteroatoms. The molecule has 17 heavy (non-hydrogen) atoms. The van der Waals surface area contributed by atoms with Crippen molar-refractivity contribution in [2.75, 3.05) is 6.26 Å². The first-order valence-corrected chi connectivity index (χ1v) is 20.1. The van der Waals surface area contributed by atoms with Crippen molar-refractivity contribution in [2.24, 2.45) is 5.10 Å². The molecule has 1 heterocycles. The Kier molecular flexibility index (Phi) is 12.2. The van der Waals surface area contributed by atoms with Crippen LogP contribution in [0.25, 0.3) is 0 Å². The molecule has 0 spiro atoms. The van der Waals surface area contributed by atoms with Gasteiger partial charge in [0, 0.05) is 5.69 Å². The second-order valence-electron chi connectivity index (χ2n) is 2.67. The molecule has 0 saturated carbocycles. The summed E-state index contributed by atoms with van der Waals surface area (Å²) < 4.78 is 0.647. The van der Waals surface area contributed by atoms with Crippen molar-refractivity contribution in [3.63, 3.8) is 0 Å². The SMILES string of the molecule is CSC(=S)N/N=C/c1cccc(C)n1.[Br][Zn][Br]. The van der Waals surface area contributed by atoms with Gasteiger partial charge in [0.2, 0.25) is 0 Å². The van der Waals surface area contributed by atoms with Crippen molar-refractivity contribution in [1.82, 2.24) is 10.4 Å². The van der Waals surface area contributed by atoms with Gasteiger partial charge in [-0.25, -0.2) is 0 Å². The first-order valence-electron chi connectivity index (χ1n) is 4.56. The first-order chi connectivity index (χ1) is 8.13. The number of thioether (sulfide) groups is 1. The van der Waals surface area contributed by atoms with Crippen LogP contribution in [0.5, 0.6) is 0 Å². The number of halogens is 2. The van der Waals surface area contributed by atoms with Gasteiger partial charge in [-0.2, -0.15) is 5.10 Å². The summed E-state index contributed by atoms with van der Waals surface area (Å²) >= 11 is 12.6. The van der Waals surface area contributed by atoms with E-state index in [4.69, 9.17) is 12.2 Å². The standard InChI is InChI=1S/C9H11N3S2.2BrH.Zn/c1-7-4-3-5-8(11-7)6-10-12-9(13)14-2;;;/h3-6H,1-2H3,(H,12,13);2*1H;/q;;;+2/p-2/b10-6+;;;. The van der Waals surface area contributed by atoms with Gasteiger partial charge in [-0.05, 0) is 25.3 Å². The summed E-state index contributed by atoms with van der Waals surface area (Å²) in [5.74, 6) is 0. The van der Waals surface area contributed by atoms with E-state index >= 15 is 0 Å². The van der Waals surface area contributed by atoms with Gasteiger partial charge < -0.3 is 0 Å². The Labute approximate surface area is 132 Å². The van der Waals surface area contributed by atoms with E-state index in [1.54, 1.807) is 6.21 Å². The maximum absolute atomic E-state index is 4.91. The van der Waals surface area contributed by atoms with Crippen LogP contribution < -0.4 is 5.43 Å². The summed E-state index contributed by atoms with van der Waals surface area (Å²) in [5.41, 5.74) is 4.52. The molecule has 0 bridgehead atoms. The molecule has 0 radical (unpaired) electrons. The van der Waals surface area contributed by atoms with E-state index in [2.05, 4.69) is 42.8 Å².